The number of quaternary nitrogens is 1. The van der Waals surface area contributed by atoms with Gasteiger partial charge in [0.25, 0.3) is 0 Å². The molecule has 0 aromatic rings. The molecule has 2 rings (SSSR count). The number of nitrogens with zero attached hydrogens (tertiary/aromatic N) is 2. The van der Waals surface area contributed by atoms with E-state index in [0.29, 0.717) is 19.5 Å². The standard InChI is InChI=1S/C25H52N4O2.C6H11NO.C4H7NO/c1-10-11-12-13-16-25(4,23(31)27-17-14-19-28(5)6)21-24(2,3)22(30)26-18-15-20-29(7,8)9;8-6-4-2-1-3-5-7-6;6-4-2-1-3-5-4/h10-21H2,1-9H3,(H-,26,27,30,31);1-5H2,(H,7,8);1-3H2,(H,5,6)/p+1. The molecule has 1 atom stereocenters. The number of unbranched alkanes of at least 4 members (excludes halogenated alkanes) is 3. The maximum Gasteiger partial charge on any atom is 0.225 e. The van der Waals surface area contributed by atoms with E-state index in [9.17, 15) is 19.2 Å². The highest BCUT2D eigenvalue weighted by Gasteiger charge is 2.41. The van der Waals surface area contributed by atoms with Gasteiger partial charge in [-0.1, -0.05) is 59.8 Å². The zero-order valence-corrected chi connectivity index (χ0v) is 30.7. The SMILES string of the molecule is CCCCCCC(C)(CC(C)(C)C(=O)NCCC[N+](C)(C)C)C(=O)NCCCN(C)C.O=C1CCCCCN1.O=C1CCCN1. The van der Waals surface area contributed by atoms with Crippen molar-refractivity contribution in [1.29, 1.82) is 0 Å². The zero-order valence-electron chi connectivity index (χ0n) is 30.7. The summed E-state index contributed by atoms with van der Waals surface area (Å²) in [5, 5.41) is 11.7. The first-order chi connectivity index (χ1) is 21.0. The third-order valence-corrected chi connectivity index (χ3v) is 8.24. The van der Waals surface area contributed by atoms with E-state index in [0.717, 1.165) is 94.9 Å². The number of nitrogens with one attached hydrogen (secondary N) is 4. The second-order valence-corrected chi connectivity index (χ2v) is 15.1. The van der Waals surface area contributed by atoms with Crippen molar-refractivity contribution in [2.45, 2.75) is 118 Å². The molecule has 4 amide bonds. The summed E-state index contributed by atoms with van der Waals surface area (Å²) in [5.74, 6) is 0.570. The van der Waals surface area contributed by atoms with E-state index in [-0.39, 0.29) is 23.6 Å². The fourth-order valence-electron chi connectivity index (χ4n) is 5.55. The minimum absolute atomic E-state index is 0.0501. The Bertz CT molecular complexity index is 838. The van der Waals surface area contributed by atoms with Gasteiger partial charge < -0.3 is 30.7 Å². The second-order valence-electron chi connectivity index (χ2n) is 15.1. The molecule has 1 unspecified atom stereocenters. The number of hydrogen-bond donors (Lipinski definition) is 4. The Morgan fingerprint density at radius 3 is 1.91 bits per heavy atom. The Kier molecular flexibility index (Phi) is 22.0. The van der Waals surface area contributed by atoms with Crippen LogP contribution in [0.25, 0.3) is 0 Å². The number of carbonyl (C=O) groups excluding carboxylic acids is 4. The lowest BCUT2D eigenvalue weighted by atomic mass is 9.70. The zero-order chi connectivity index (χ0) is 34.4. The lowest BCUT2D eigenvalue weighted by Gasteiger charge is -2.36. The smallest absolute Gasteiger partial charge is 0.225 e. The van der Waals surface area contributed by atoms with Crippen molar-refractivity contribution in [2.75, 3.05) is 74.5 Å². The predicted octanol–water partition coefficient (Wildman–Crippen LogP) is 4.23. The van der Waals surface area contributed by atoms with Crippen LogP contribution < -0.4 is 21.3 Å². The topological polar surface area (TPSA) is 120 Å². The number of hydrogen-bond acceptors (Lipinski definition) is 5. The van der Waals surface area contributed by atoms with Gasteiger partial charge in [-0.25, -0.2) is 0 Å². The quantitative estimate of drug-likeness (QED) is 0.140. The van der Waals surface area contributed by atoms with E-state index >= 15 is 0 Å². The molecule has 0 saturated carbocycles. The van der Waals surface area contributed by atoms with Crippen LogP contribution in [0.4, 0.5) is 0 Å². The Balaban J connectivity index is 0.00000111. The van der Waals surface area contributed by atoms with Gasteiger partial charge in [-0.15, -0.1) is 0 Å². The van der Waals surface area contributed by atoms with Crippen LogP contribution in [0.5, 0.6) is 0 Å². The monoisotopic (exact) mass is 640 g/mol. The molecule has 0 spiro atoms. The van der Waals surface area contributed by atoms with E-state index in [1.807, 2.05) is 34.9 Å². The van der Waals surface area contributed by atoms with Gasteiger partial charge >= 0.3 is 0 Å². The van der Waals surface area contributed by atoms with Gasteiger partial charge in [0.05, 0.1) is 27.7 Å². The van der Waals surface area contributed by atoms with Gasteiger partial charge in [0, 0.05) is 56.3 Å². The molecule has 0 aliphatic carbocycles. The van der Waals surface area contributed by atoms with Crippen LogP contribution >= 0.6 is 0 Å². The van der Waals surface area contributed by atoms with E-state index < -0.39 is 10.8 Å². The third kappa shape index (κ3) is 22.9. The molecular weight excluding hydrogens is 568 g/mol. The fraction of sp³-hybridized carbons (Fsp3) is 0.886. The van der Waals surface area contributed by atoms with Crippen LogP contribution in [-0.2, 0) is 19.2 Å². The Morgan fingerprint density at radius 1 is 0.778 bits per heavy atom. The molecule has 10 nitrogen and oxygen atoms in total. The van der Waals surface area contributed by atoms with E-state index in [1.54, 1.807) is 0 Å². The maximum atomic E-state index is 13.2. The van der Waals surface area contributed by atoms with E-state index in [4.69, 9.17) is 0 Å². The largest absolute Gasteiger partial charge is 0.356 e. The van der Waals surface area contributed by atoms with Crippen LogP contribution in [0.3, 0.4) is 0 Å². The highest BCUT2D eigenvalue weighted by atomic mass is 16.2. The van der Waals surface area contributed by atoms with Crippen LogP contribution in [-0.4, -0.2) is 108 Å². The first-order valence-corrected chi connectivity index (χ1v) is 17.6. The molecule has 0 aromatic heterocycles. The molecule has 10 heteroatoms. The number of carbonyl (C=O) groups is 4. The van der Waals surface area contributed by atoms with Crippen LogP contribution in [0.15, 0.2) is 0 Å². The van der Waals surface area contributed by atoms with Crippen molar-refractivity contribution in [3.05, 3.63) is 0 Å². The van der Waals surface area contributed by atoms with Crippen molar-refractivity contribution >= 4 is 23.6 Å². The molecule has 45 heavy (non-hydrogen) atoms. The first kappa shape index (κ1) is 42.8. The number of rotatable bonds is 17. The van der Waals surface area contributed by atoms with Gasteiger partial charge in [-0.05, 0) is 59.2 Å². The normalized spacial score (nSPS) is 16.6. The summed E-state index contributed by atoms with van der Waals surface area (Å²) in [6.07, 6.45) is 13.7. The molecule has 264 valence electrons. The van der Waals surface area contributed by atoms with Crippen molar-refractivity contribution < 1.29 is 23.7 Å². The Hall–Kier alpha value is -2.20. The molecule has 2 fully saturated rings. The maximum absolute atomic E-state index is 13.2. The van der Waals surface area contributed by atoms with Gasteiger partial charge in [0.15, 0.2) is 0 Å². The summed E-state index contributed by atoms with van der Waals surface area (Å²) in [6.45, 7) is 13.3. The number of amides is 4. The molecule has 2 aliphatic rings. The highest BCUT2D eigenvalue weighted by Crippen LogP contribution is 2.38. The molecule has 2 aliphatic heterocycles. The summed E-state index contributed by atoms with van der Waals surface area (Å²) in [4.78, 5) is 49.0. The fourth-order valence-corrected chi connectivity index (χ4v) is 5.55. The lowest BCUT2D eigenvalue weighted by molar-refractivity contribution is -0.870. The summed E-state index contributed by atoms with van der Waals surface area (Å²) in [5.41, 5.74) is -1.12. The summed E-state index contributed by atoms with van der Waals surface area (Å²) >= 11 is 0. The molecule has 2 heterocycles. The minimum atomic E-state index is -0.586. The molecule has 2 saturated heterocycles. The highest BCUT2D eigenvalue weighted by molar-refractivity contribution is 5.86. The van der Waals surface area contributed by atoms with Crippen LogP contribution in [0.1, 0.15) is 118 Å². The van der Waals surface area contributed by atoms with Crippen molar-refractivity contribution in [3.63, 3.8) is 0 Å². The van der Waals surface area contributed by atoms with Gasteiger partial charge in [-0.2, -0.15) is 0 Å². The van der Waals surface area contributed by atoms with E-state index in [1.165, 1.54) is 19.3 Å². The summed E-state index contributed by atoms with van der Waals surface area (Å²) in [7, 11) is 10.6. The van der Waals surface area contributed by atoms with E-state index in [2.05, 4.69) is 54.2 Å². The Morgan fingerprint density at radius 2 is 1.36 bits per heavy atom. The van der Waals surface area contributed by atoms with Gasteiger partial charge in [-0.3, -0.25) is 19.2 Å². The third-order valence-electron chi connectivity index (χ3n) is 8.24. The average molecular weight is 640 g/mol. The molecule has 4 N–H and O–H groups in total. The Labute approximate surface area is 276 Å². The molecule has 0 aromatic carbocycles. The predicted molar refractivity (Wildman–Crippen MR) is 186 cm³/mol. The molecular formula is C35H71N6O4+. The molecule has 0 radical (unpaired) electrons. The summed E-state index contributed by atoms with van der Waals surface area (Å²) < 4.78 is 0.892. The van der Waals surface area contributed by atoms with Crippen molar-refractivity contribution in [2.24, 2.45) is 10.8 Å². The van der Waals surface area contributed by atoms with Crippen LogP contribution in [0, 0.1) is 10.8 Å². The lowest BCUT2D eigenvalue weighted by Crippen LogP contribution is -2.47. The van der Waals surface area contributed by atoms with Crippen LogP contribution in [0.2, 0.25) is 0 Å². The summed E-state index contributed by atoms with van der Waals surface area (Å²) in [6, 6.07) is 0. The second kappa shape index (κ2) is 23.2. The first-order valence-electron chi connectivity index (χ1n) is 17.6. The molecule has 0 bridgehead atoms. The van der Waals surface area contributed by atoms with Crippen molar-refractivity contribution in [3.8, 4) is 0 Å². The van der Waals surface area contributed by atoms with Gasteiger partial charge in [0.2, 0.25) is 23.6 Å². The van der Waals surface area contributed by atoms with Crippen molar-refractivity contribution in [1.82, 2.24) is 26.2 Å². The average Bonchev–Trinajstić information content (AvgIpc) is 3.31. The minimum Gasteiger partial charge on any atom is -0.356 e. The van der Waals surface area contributed by atoms with Gasteiger partial charge in [0.1, 0.15) is 0 Å².